The lowest BCUT2D eigenvalue weighted by atomic mass is 9.82. The van der Waals surface area contributed by atoms with E-state index in [-0.39, 0.29) is 6.42 Å². The molecule has 0 aromatic rings. The van der Waals surface area contributed by atoms with Crippen LogP contribution < -0.4 is 0 Å². The van der Waals surface area contributed by atoms with Crippen molar-refractivity contribution in [2.24, 2.45) is 5.92 Å². The molecule has 2 aliphatic rings. The van der Waals surface area contributed by atoms with E-state index in [1.54, 1.807) is 41.5 Å². The van der Waals surface area contributed by atoms with E-state index in [2.05, 4.69) is 0 Å². The highest BCUT2D eigenvalue weighted by atomic mass is 16.6. The SMILES string of the molecule is CCC(=O)O[C@H](C)C(O)(O)[C@@H]1OC(C)(C)N(C(=O)OC(C)(C)C)[C@@H]1CC1CCCCC1. The average Bonchev–Trinajstić information content (AvgIpc) is 2.91. The van der Waals surface area contributed by atoms with E-state index in [0.29, 0.717) is 12.3 Å². The molecule has 1 aliphatic carbocycles. The van der Waals surface area contributed by atoms with Crippen molar-refractivity contribution in [1.82, 2.24) is 4.90 Å². The Balaban J connectivity index is 2.37. The van der Waals surface area contributed by atoms with Crippen LogP contribution in [0.25, 0.3) is 0 Å². The predicted molar refractivity (Wildman–Crippen MR) is 115 cm³/mol. The molecule has 0 spiro atoms. The minimum absolute atomic E-state index is 0.118. The fourth-order valence-electron chi connectivity index (χ4n) is 4.61. The molecule has 1 heterocycles. The maximum absolute atomic E-state index is 13.2. The van der Waals surface area contributed by atoms with Gasteiger partial charge in [-0.1, -0.05) is 39.0 Å². The minimum atomic E-state index is -2.47. The summed E-state index contributed by atoms with van der Waals surface area (Å²) in [6, 6.07) is -0.634. The molecule has 180 valence electrons. The third kappa shape index (κ3) is 6.33. The highest BCUT2D eigenvalue weighted by Gasteiger charge is 2.60. The van der Waals surface area contributed by atoms with Crippen molar-refractivity contribution in [2.45, 2.75) is 129 Å². The zero-order valence-electron chi connectivity index (χ0n) is 20.1. The molecule has 8 nitrogen and oxygen atoms in total. The fourth-order valence-corrected chi connectivity index (χ4v) is 4.61. The van der Waals surface area contributed by atoms with Crippen molar-refractivity contribution in [3.05, 3.63) is 0 Å². The van der Waals surface area contributed by atoms with Crippen LogP contribution in [0.15, 0.2) is 0 Å². The Morgan fingerprint density at radius 1 is 1.16 bits per heavy atom. The van der Waals surface area contributed by atoms with Crippen molar-refractivity contribution in [3.63, 3.8) is 0 Å². The second-order valence-corrected chi connectivity index (χ2v) is 10.4. The molecular formula is C23H41NO7. The van der Waals surface area contributed by atoms with Gasteiger partial charge in [-0.2, -0.15) is 0 Å². The number of hydrogen-bond donors (Lipinski definition) is 2. The standard InChI is InChI=1S/C23H41NO7/c1-8-18(25)29-15(2)23(27,28)19-17(14-16-12-10-9-11-13-16)24(22(6,7)30-19)20(26)31-21(3,4)5/h15-17,19,27-28H,8-14H2,1-7H3/t15-,17-,19-/m1/s1. The van der Waals surface area contributed by atoms with E-state index in [0.717, 1.165) is 25.7 Å². The van der Waals surface area contributed by atoms with Gasteiger partial charge in [0.25, 0.3) is 0 Å². The number of aliphatic hydroxyl groups is 2. The smallest absolute Gasteiger partial charge is 0.412 e. The lowest BCUT2D eigenvalue weighted by Gasteiger charge is -2.39. The number of esters is 1. The Hall–Kier alpha value is -1.38. The summed E-state index contributed by atoms with van der Waals surface area (Å²) < 4.78 is 16.9. The van der Waals surface area contributed by atoms with Gasteiger partial charge in [-0.05, 0) is 53.9 Å². The van der Waals surface area contributed by atoms with E-state index in [4.69, 9.17) is 14.2 Å². The van der Waals surface area contributed by atoms with Crippen LogP contribution in [0, 0.1) is 5.92 Å². The van der Waals surface area contributed by atoms with Crippen molar-refractivity contribution in [1.29, 1.82) is 0 Å². The molecule has 1 amide bonds. The number of nitrogens with zero attached hydrogens (tertiary/aromatic N) is 1. The molecule has 0 aromatic heterocycles. The predicted octanol–water partition coefficient (Wildman–Crippen LogP) is 3.72. The monoisotopic (exact) mass is 443 g/mol. The summed E-state index contributed by atoms with van der Waals surface area (Å²) in [5.74, 6) is -2.67. The van der Waals surface area contributed by atoms with Gasteiger partial charge < -0.3 is 24.4 Å². The summed E-state index contributed by atoms with van der Waals surface area (Å²) in [6.45, 7) is 11.9. The summed E-state index contributed by atoms with van der Waals surface area (Å²) in [5, 5.41) is 22.1. The first kappa shape index (κ1) is 25.9. The molecule has 0 radical (unpaired) electrons. The lowest BCUT2D eigenvalue weighted by Crippen LogP contribution is -2.58. The summed E-state index contributed by atoms with van der Waals surface area (Å²) in [4.78, 5) is 26.4. The fraction of sp³-hybridized carbons (Fsp3) is 0.913. The highest BCUT2D eigenvalue weighted by Crippen LogP contribution is 2.43. The van der Waals surface area contributed by atoms with Gasteiger partial charge in [0.05, 0.1) is 6.04 Å². The van der Waals surface area contributed by atoms with Crippen LogP contribution in [-0.4, -0.2) is 62.5 Å². The van der Waals surface area contributed by atoms with Crippen molar-refractivity contribution in [3.8, 4) is 0 Å². The van der Waals surface area contributed by atoms with E-state index < -0.39 is 47.4 Å². The first-order valence-corrected chi connectivity index (χ1v) is 11.5. The largest absolute Gasteiger partial charge is 0.457 e. The van der Waals surface area contributed by atoms with Crippen LogP contribution in [0.3, 0.4) is 0 Å². The Kier molecular flexibility index (Phi) is 8.04. The van der Waals surface area contributed by atoms with Crippen molar-refractivity contribution < 1.29 is 34.0 Å². The summed E-state index contributed by atoms with van der Waals surface area (Å²) >= 11 is 0. The molecule has 31 heavy (non-hydrogen) atoms. The third-order valence-electron chi connectivity index (χ3n) is 6.18. The van der Waals surface area contributed by atoms with Crippen LogP contribution in [0.5, 0.6) is 0 Å². The molecular weight excluding hydrogens is 402 g/mol. The first-order chi connectivity index (χ1) is 14.2. The number of carbonyl (C=O) groups excluding carboxylic acids is 2. The number of amides is 1. The second-order valence-electron chi connectivity index (χ2n) is 10.4. The second kappa shape index (κ2) is 9.63. The third-order valence-corrected chi connectivity index (χ3v) is 6.18. The van der Waals surface area contributed by atoms with E-state index >= 15 is 0 Å². The summed E-state index contributed by atoms with van der Waals surface area (Å²) in [5.41, 5.74) is -1.84. The van der Waals surface area contributed by atoms with Crippen LogP contribution >= 0.6 is 0 Å². The highest BCUT2D eigenvalue weighted by molar-refractivity contribution is 5.70. The average molecular weight is 444 g/mol. The van der Waals surface area contributed by atoms with Crippen LogP contribution in [-0.2, 0) is 19.0 Å². The van der Waals surface area contributed by atoms with Gasteiger partial charge in [0, 0.05) is 6.42 Å². The van der Waals surface area contributed by atoms with E-state index in [9.17, 15) is 19.8 Å². The Morgan fingerprint density at radius 2 is 1.74 bits per heavy atom. The normalized spacial score (nSPS) is 25.9. The number of ether oxygens (including phenoxy) is 3. The van der Waals surface area contributed by atoms with Gasteiger partial charge in [0.2, 0.25) is 5.79 Å². The van der Waals surface area contributed by atoms with Crippen LogP contribution in [0.1, 0.15) is 93.4 Å². The Labute approximate surface area is 186 Å². The lowest BCUT2D eigenvalue weighted by molar-refractivity contribution is -0.288. The summed E-state index contributed by atoms with van der Waals surface area (Å²) in [7, 11) is 0. The van der Waals surface area contributed by atoms with E-state index in [1.165, 1.54) is 18.2 Å². The van der Waals surface area contributed by atoms with E-state index in [1.807, 2.05) is 0 Å². The number of rotatable bonds is 6. The number of hydrogen-bond acceptors (Lipinski definition) is 7. The maximum atomic E-state index is 13.2. The Morgan fingerprint density at radius 3 is 2.26 bits per heavy atom. The zero-order chi connectivity index (χ0) is 23.6. The molecule has 2 N–H and O–H groups in total. The van der Waals surface area contributed by atoms with Gasteiger partial charge in [-0.15, -0.1) is 0 Å². The first-order valence-electron chi connectivity index (χ1n) is 11.5. The molecule has 1 saturated heterocycles. The molecule has 1 aliphatic heterocycles. The van der Waals surface area contributed by atoms with Gasteiger partial charge in [0.1, 0.15) is 17.4 Å². The van der Waals surface area contributed by atoms with Crippen LogP contribution in [0.2, 0.25) is 0 Å². The Bertz CT molecular complexity index is 634. The minimum Gasteiger partial charge on any atom is -0.457 e. The molecule has 1 saturated carbocycles. The quantitative estimate of drug-likeness (QED) is 0.476. The zero-order valence-corrected chi connectivity index (χ0v) is 20.1. The molecule has 8 heteroatoms. The maximum Gasteiger partial charge on any atom is 0.412 e. The molecule has 3 atom stereocenters. The van der Waals surface area contributed by atoms with Gasteiger partial charge in [-0.25, -0.2) is 4.79 Å². The van der Waals surface area contributed by atoms with Crippen molar-refractivity contribution >= 4 is 12.1 Å². The van der Waals surface area contributed by atoms with Gasteiger partial charge in [0.15, 0.2) is 6.10 Å². The molecule has 0 aromatic carbocycles. The van der Waals surface area contributed by atoms with Gasteiger partial charge in [-0.3, -0.25) is 9.69 Å². The number of carbonyl (C=O) groups is 2. The molecule has 2 fully saturated rings. The van der Waals surface area contributed by atoms with Crippen LogP contribution in [0.4, 0.5) is 4.79 Å². The topological polar surface area (TPSA) is 106 Å². The molecule has 0 unspecified atom stereocenters. The summed E-state index contributed by atoms with van der Waals surface area (Å²) in [6.07, 6.45) is 3.21. The van der Waals surface area contributed by atoms with Gasteiger partial charge >= 0.3 is 12.1 Å². The molecule has 2 rings (SSSR count). The molecule has 0 bridgehead atoms. The van der Waals surface area contributed by atoms with Crippen molar-refractivity contribution in [2.75, 3.05) is 0 Å².